The van der Waals surface area contributed by atoms with Gasteiger partial charge < -0.3 is 14.2 Å². The zero-order valence-corrected chi connectivity index (χ0v) is 20.0. The maximum absolute atomic E-state index is 6.11. The van der Waals surface area contributed by atoms with E-state index in [4.69, 9.17) is 14.2 Å². The molecule has 2 aliphatic carbocycles. The summed E-state index contributed by atoms with van der Waals surface area (Å²) in [4.78, 5) is 0. The van der Waals surface area contributed by atoms with Crippen LogP contribution in [0.15, 0.2) is 59.7 Å². The van der Waals surface area contributed by atoms with Crippen LogP contribution in [-0.4, -0.2) is 34.8 Å². The summed E-state index contributed by atoms with van der Waals surface area (Å²) in [6.07, 6.45) is 9.32. The molecule has 2 aliphatic rings. The number of hydrogen-bond donors (Lipinski definition) is 0. The van der Waals surface area contributed by atoms with E-state index in [0.717, 1.165) is 50.9 Å². The quantitative estimate of drug-likeness (QED) is 0.330. The molecule has 0 N–H and O–H groups in total. The van der Waals surface area contributed by atoms with Crippen LogP contribution in [0.5, 0.6) is 5.75 Å². The minimum atomic E-state index is 0.249. The van der Waals surface area contributed by atoms with Gasteiger partial charge in [-0.2, -0.15) is 0 Å². The number of aryl methyl sites for hydroxylation is 2. The average molecular weight is 432 g/mol. The van der Waals surface area contributed by atoms with Crippen molar-refractivity contribution < 1.29 is 14.2 Å². The van der Waals surface area contributed by atoms with Gasteiger partial charge in [-0.15, -0.1) is 0 Å². The van der Waals surface area contributed by atoms with E-state index in [1.807, 2.05) is 7.11 Å². The first kappa shape index (κ1) is 23.1. The zero-order chi connectivity index (χ0) is 22.4. The Morgan fingerprint density at radius 3 is 2.62 bits per heavy atom. The molecular formula is C28H37BO3. The SMILES string of the molecule is B[C@@]12CCCc3ccc(OC)cc3CC/C(CCOCc3ccccc3)=C/1CC(OC)C2. The molecule has 3 nitrogen and oxygen atoms in total. The first-order valence-electron chi connectivity index (χ1n) is 12.1. The second-order valence-electron chi connectivity index (χ2n) is 9.69. The fourth-order valence-corrected chi connectivity index (χ4v) is 5.71. The van der Waals surface area contributed by atoms with Crippen molar-refractivity contribution >= 4 is 7.85 Å². The molecule has 0 amide bonds. The molecule has 0 saturated heterocycles. The molecular weight excluding hydrogens is 395 g/mol. The number of fused-ring (bicyclic) bond motifs is 2. The van der Waals surface area contributed by atoms with E-state index in [-0.39, 0.29) is 5.31 Å². The second-order valence-corrected chi connectivity index (χ2v) is 9.69. The highest BCUT2D eigenvalue weighted by atomic mass is 16.5. The predicted octanol–water partition coefficient (Wildman–Crippen LogP) is 5.47. The highest BCUT2D eigenvalue weighted by Crippen LogP contribution is 2.53. The van der Waals surface area contributed by atoms with Crippen molar-refractivity contribution in [2.75, 3.05) is 20.8 Å². The third kappa shape index (κ3) is 5.47. The summed E-state index contributed by atoms with van der Waals surface area (Å²) in [5.74, 6) is 0.964. The van der Waals surface area contributed by atoms with Crippen molar-refractivity contribution in [1.82, 2.24) is 0 Å². The van der Waals surface area contributed by atoms with Crippen LogP contribution in [-0.2, 0) is 28.9 Å². The van der Waals surface area contributed by atoms with Gasteiger partial charge in [-0.3, -0.25) is 0 Å². The molecule has 32 heavy (non-hydrogen) atoms. The van der Waals surface area contributed by atoms with Gasteiger partial charge in [0.15, 0.2) is 0 Å². The van der Waals surface area contributed by atoms with Crippen LogP contribution in [0.1, 0.15) is 55.2 Å². The van der Waals surface area contributed by atoms with Crippen molar-refractivity contribution in [3.05, 3.63) is 76.4 Å². The third-order valence-electron chi connectivity index (χ3n) is 7.54. The maximum atomic E-state index is 6.11. The molecule has 1 fully saturated rings. The molecule has 0 heterocycles. The summed E-state index contributed by atoms with van der Waals surface area (Å²) in [6.45, 7) is 1.45. The lowest BCUT2D eigenvalue weighted by atomic mass is 9.60. The average Bonchev–Trinajstić information content (AvgIpc) is 3.16. The third-order valence-corrected chi connectivity index (χ3v) is 7.54. The highest BCUT2D eigenvalue weighted by Gasteiger charge is 2.40. The Labute approximate surface area is 194 Å². The number of benzene rings is 2. The Morgan fingerprint density at radius 2 is 1.84 bits per heavy atom. The molecule has 1 saturated carbocycles. The summed E-state index contributed by atoms with van der Waals surface area (Å²) in [5.41, 5.74) is 7.41. The van der Waals surface area contributed by atoms with E-state index in [1.54, 1.807) is 18.3 Å². The monoisotopic (exact) mass is 432 g/mol. The lowest BCUT2D eigenvalue weighted by Crippen LogP contribution is -2.16. The number of rotatable bonds is 7. The van der Waals surface area contributed by atoms with Gasteiger partial charge in [0.2, 0.25) is 0 Å². The minimum absolute atomic E-state index is 0.249. The molecule has 4 heteroatoms. The van der Waals surface area contributed by atoms with E-state index >= 15 is 0 Å². The normalized spacial score (nSPS) is 25.8. The number of hydrogen-bond acceptors (Lipinski definition) is 3. The molecule has 4 rings (SSSR count). The lowest BCUT2D eigenvalue weighted by molar-refractivity contribution is 0.107. The summed E-state index contributed by atoms with van der Waals surface area (Å²) in [7, 11) is 6.11. The number of methoxy groups -OCH3 is 2. The molecule has 2 atom stereocenters. The fraction of sp³-hybridized carbons (Fsp3) is 0.500. The zero-order valence-electron chi connectivity index (χ0n) is 20.0. The molecule has 0 aliphatic heterocycles. The molecule has 2 aromatic carbocycles. The predicted molar refractivity (Wildman–Crippen MR) is 133 cm³/mol. The summed E-state index contributed by atoms with van der Waals surface area (Å²) in [6, 6.07) is 17.1. The van der Waals surface area contributed by atoms with Crippen molar-refractivity contribution in [2.24, 2.45) is 0 Å². The fourth-order valence-electron chi connectivity index (χ4n) is 5.71. The van der Waals surface area contributed by atoms with Crippen LogP contribution in [0.3, 0.4) is 0 Å². The Morgan fingerprint density at radius 1 is 1.00 bits per heavy atom. The standard InChI is InChI=1S/C28H37BO3/c1-30-25-13-12-22-9-6-15-28(29)19-26(31-2)18-27(28)23(10-11-24(22)17-25)14-16-32-20-21-7-4-3-5-8-21/h3-5,7-8,12-13,17,26H,6,9-11,14-16,18-20,29H2,1-2H3/b27-23-/t26?,28-/m1/s1. The van der Waals surface area contributed by atoms with Crippen molar-refractivity contribution in [1.29, 1.82) is 0 Å². The minimum Gasteiger partial charge on any atom is -0.497 e. The van der Waals surface area contributed by atoms with Crippen LogP contribution in [0, 0.1) is 0 Å². The smallest absolute Gasteiger partial charge is 0.119 e. The Balaban J connectivity index is 1.54. The topological polar surface area (TPSA) is 27.7 Å². The number of ether oxygens (including phenoxy) is 3. The van der Waals surface area contributed by atoms with Crippen LogP contribution in [0.4, 0.5) is 0 Å². The maximum Gasteiger partial charge on any atom is 0.119 e. The van der Waals surface area contributed by atoms with Gasteiger partial charge in [-0.1, -0.05) is 54.0 Å². The van der Waals surface area contributed by atoms with E-state index in [1.165, 1.54) is 29.5 Å². The van der Waals surface area contributed by atoms with Gasteiger partial charge >= 0.3 is 0 Å². The van der Waals surface area contributed by atoms with Crippen molar-refractivity contribution in [3.63, 3.8) is 0 Å². The van der Waals surface area contributed by atoms with E-state index in [2.05, 4.69) is 56.4 Å². The van der Waals surface area contributed by atoms with Gasteiger partial charge in [0, 0.05) is 7.11 Å². The van der Waals surface area contributed by atoms with Crippen molar-refractivity contribution in [2.45, 2.75) is 69.4 Å². The first-order chi connectivity index (χ1) is 15.6. The molecule has 0 spiro atoms. The van der Waals surface area contributed by atoms with Crippen LogP contribution in [0.2, 0.25) is 5.31 Å². The van der Waals surface area contributed by atoms with E-state index in [9.17, 15) is 0 Å². The van der Waals surface area contributed by atoms with Crippen LogP contribution < -0.4 is 4.74 Å². The van der Waals surface area contributed by atoms with Gasteiger partial charge in [-0.25, -0.2) is 0 Å². The largest absolute Gasteiger partial charge is 0.497 e. The Hall–Kier alpha value is -2.04. The summed E-state index contributed by atoms with van der Waals surface area (Å²) < 4.78 is 17.5. The highest BCUT2D eigenvalue weighted by molar-refractivity contribution is 6.18. The molecule has 0 bridgehead atoms. The van der Waals surface area contributed by atoms with Gasteiger partial charge in [0.25, 0.3) is 0 Å². The van der Waals surface area contributed by atoms with Gasteiger partial charge in [0.1, 0.15) is 13.6 Å². The molecule has 0 radical (unpaired) electrons. The Kier molecular flexibility index (Phi) is 7.75. The molecule has 0 aromatic heterocycles. The lowest BCUT2D eigenvalue weighted by Gasteiger charge is -2.30. The first-order valence-corrected chi connectivity index (χ1v) is 12.1. The van der Waals surface area contributed by atoms with Gasteiger partial charge in [-0.05, 0) is 79.1 Å². The van der Waals surface area contributed by atoms with Gasteiger partial charge in [0.05, 0.1) is 26.4 Å². The van der Waals surface area contributed by atoms with E-state index in [0.29, 0.717) is 12.7 Å². The Bertz CT molecular complexity index is 924. The van der Waals surface area contributed by atoms with Crippen LogP contribution >= 0.6 is 0 Å². The second kappa shape index (κ2) is 10.7. The van der Waals surface area contributed by atoms with Crippen molar-refractivity contribution in [3.8, 4) is 5.75 Å². The van der Waals surface area contributed by atoms with Crippen LogP contribution in [0.25, 0.3) is 0 Å². The summed E-state index contributed by atoms with van der Waals surface area (Å²) >= 11 is 0. The molecule has 2 aromatic rings. The summed E-state index contributed by atoms with van der Waals surface area (Å²) in [5, 5.41) is 0.249. The van der Waals surface area contributed by atoms with E-state index < -0.39 is 0 Å². The molecule has 1 unspecified atom stereocenters. The molecule has 170 valence electrons.